The number of nitrogens with zero attached hydrogens (tertiary/aromatic N) is 1. The highest BCUT2D eigenvalue weighted by atomic mass is 35.5. The molecule has 0 spiro atoms. The molecular formula is C12H17ClN2O. The molecule has 0 radical (unpaired) electrons. The largest absolute Gasteiger partial charge is 0.368 e. The van der Waals surface area contributed by atoms with Crippen LogP contribution in [0.4, 0.5) is 0 Å². The maximum atomic E-state index is 11.2. The van der Waals surface area contributed by atoms with E-state index in [9.17, 15) is 4.79 Å². The van der Waals surface area contributed by atoms with E-state index in [1.54, 1.807) is 0 Å². The molecule has 0 bridgehead atoms. The van der Waals surface area contributed by atoms with E-state index in [1.165, 1.54) is 0 Å². The molecule has 1 aromatic rings. The van der Waals surface area contributed by atoms with Crippen LogP contribution in [0.3, 0.4) is 0 Å². The van der Waals surface area contributed by atoms with Gasteiger partial charge in [0.05, 0.1) is 6.04 Å². The third-order valence-electron chi connectivity index (χ3n) is 2.62. The van der Waals surface area contributed by atoms with E-state index in [1.807, 2.05) is 43.1 Å². The average molecular weight is 241 g/mol. The normalized spacial score (nSPS) is 12.8. The summed E-state index contributed by atoms with van der Waals surface area (Å²) in [5, 5.41) is 0.716. The summed E-state index contributed by atoms with van der Waals surface area (Å²) in [5.74, 6) is -0.294. The van der Waals surface area contributed by atoms with Gasteiger partial charge >= 0.3 is 0 Å². The second kappa shape index (κ2) is 5.87. The molecule has 0 aliphatic heterocycles. The maximum absolute atomic E-state index is 11.2. The molecule has 0 aliphatic rings. The van der Waals surface area contributed by atoms with Gasteiger partial charge in [-0.25, -0.2) is 0 Å². The molecule has 0 heterocycles. The van der Waals surface area contributed by atoms with E-state index < -0.39 is 0 Å². The third-order valence-corrected chi connectivity index (χ3v) is 2.99. The van der Waals surface area contributed by atoms with Gasteiger partial charge in [0.1, 0.15) is 0 Å². The van der Waals surface area contributed by atoms with E-state index in [0.29, 0.717) is 18.0 Å². The first kappa shape index (κ1) is 13.0. The molecule has 1 atom stereocenters. The second-order valence-corrected chi connectivity index (χ2v) is 4.24. The van der Waals surface area contributed by atoms with Gasteiger partial charge in [0, 0.05) is 11.6 Å². The predicted molar refractivity (Wildman–Crippen MR) is 66.2 cm³/mol. The number of nitrogens with two attached hydrogens (primary N) is 1. The Bertz CT molecular complexity index is 368. The number of benzene rings is 1. The summed E-state index contributed by atoms with van der Waals surface area (Å²) in [6.07, 6.45) is 0.705. The van der Waals surface area contributed by atoms with Crippen LogP contribution in [0.25, 0.3) is 0 Å². The highest BCUT2D eigenvalue weighted by Gasteiger charge is 2.18. The van der Waals surface area contributed by atoms with Crippen molar-refractivity contribution < 1.29 is 4.79 Å². The minimum atomic E-state index is -0.294. The Hall–Kier alpha value is -1.06. The van der Waals surface area contributed by atoms with Crippen LogP contribution in [0, 0.1) is 0 Å². The van der Waals surface area contributed by atoms with Crippen LogP contribution in [0.15, 0.2) is 24.3 Å². The van der Waals surface area contributed by atoms with Crippen molar-refractivity contribution in [1.29, 1.82) is 0 Å². The molecule has 4 heteroatoms. The minimum absolute atomic E-state index is 0.240. The third kappa shape index (κ3) is 3.22. The summed E-state index contributed by atoms with van der Waals surface area (Å²) in [6, 6.07) is 7.37. The Kier molecular flexibility index (Phi) is 4.77. The molecule has 88 valence electrons. The average Bonchev–Trinajstić information content (AvgIpc) is 2.22. The molecule has 2 N–H and O–H groups in total. The molecule has 1 rings (SSSR count). The zero-order valence-electron chi connectivity index (χ0n) is 9.61. The number of rotatable bonds is 5. The smallest absolute Gasteiger partial charge is 0.234 e. The number of halogens is 1. The molecule has 0 fully saturated rings. The topological polar surface area (TPSA) is 46.3 Å². The van der Waals surface area contributed by atoms with Crippen molar-refractivity contribution in [3.63, 3.8) is 0 Å². The Balaban J connectivity index is 2.74. The van der Waals surface area contributed by atoms with Crippen LogP contribution >= 0.6 is 11.6 Å². The quantitative estimate of drug-likeness (QED) is 0.856. The van der Waals surface area contributed by atoms with Gasteiger partial charge in [-0.15, -0.1) is 0 Å². The van der Waals surface area contributed by atoms with Gasteiger partial charge in [-0.1, -0.05) is 36.7 Å². The lowest BCUT2D eigenvalue weighted by molar-refractivity contribution is -0.123. The summed E-state index contributed by atoms with van der Waals surface area (Å²) in [7, 11) is 1.88. The first-order chi connectivity index (χ1) is 7.56. The highest BCUT2D eigenvalue weighted by Crippen LogP contribution is 2.17. The van der Waals surface area contributed by atoms with Crippen LogP contribution in [0.1, 0.15) is 18.9 Å². The van der Waals surface area contributed by atoms with E-state index in [2.05, 4.69) is 0 Å². The molecular weight excluding hydrogens is 224 g/mol. The Morgan fingerprint density at radius 3 is 2.62 bits per heavy atom. The first-order valence-electron chi connectivity index (χ1n) is 5.29. The Morgan fingerprint density at radius 1 is 1.50 bits per heavy atom. The van der Waals surface area contributed by atoms with Gasteiger partial charge in [-0.2, -0.15) is 0 Å². The number of likely N-dealkylation sites (N-methyl/N-ethyl adjacent to an activating group) is 1. The van der Waals surface area contributed by atoms with Crippen molar-refractivity contribution in [1.82, 2.24) is 4.90 Å². The highest BCUT2D eigenvalue weighted by molar-refractivity contribution is 6.31. The van der Waals surface area contributed by atoms with Crippen molar-refractivity contribution >= 4 is 17.5 Å². The van der Waals surface area contributed by atoms with E-state index >= 15 is 0 Å². The van der Waals surface area contributed by atoms with E-state index in [0.717, 1.165) is 5.56 Å². The second-order valence-electron chi connectivity index (χ2n) is 3.83. The number of amides is 1. The van der Waals surface area contributed by atoms with Crippen molar-refractivity contribution in [2.45, 2.75) is 25.9 Å². The molecule has 1 amide bonds. The lowest BCUT2D eigenvalue weighted by atomic mass is 10.1. The molecule has 0 aliphatic carbocycles. The van der Waals surface area contributed by atoms with Gasteiger partial charge in [-0.3, -0.25) is 9.69 Å². The number of primary amides is 1. The van der Waals surface area contributed by atoms with Gasteiger partial charge < -0.3 is 5.73 Å². The van der Waals surface area contributed by atoms with Crippen molar-refractivity contribution in [2.24, 2.45) is 5.73 Å². The van der Waals surface area contributed by atoms with Gasteiger partial charge in [-0.05, 0) is 25.1 Å². The SMILES string of the molecule is CCC(C(N)=O)N(C)Cc1ccccc1Cl. The predicted octanol–water partition coefficient (Wildman–Crippen LogP) is 2.04. The summed E-state index contributed by atoms with van der Waals surface area (Å²) < 4.78 is 0. The molecule has 3 nitrogen and oxygen atoms in total. The Labute approximate surface area is 101 Å². The monoisotopic (exact) mass is 240 g/mol. The summed E-state index contributed by atoms with van der Waals surface area (Å²) in [5.41, 5.74) is 6.33. The van der Waals surface area contributed by atoms with Crippen molar-refractivity contribution in [3.8, 4) is 0 Å². The van der Waals surface area contributed by atoms with Crippen LogP contribution in [-0.4, -0.2) is 23.9 Å². The van der Waals surface area contributed by atoms with Crippen molar-refractivity contribution in [2.75, 3.05) is 7.05 Å². The lowest BCUT2D eigenvalue weighted by Gasteiger charge is -2.24. The fourth-order valence-electron chi connectivity index (χ4n) is 1.74. The van der Waals surface area contributed by atoms with Crippen LogP contribution in [-0.2, 0) is 11.3 Å². The molecule has 1 unspecified atom stereocenters. The number of carbonyl (C=O) groups is 1. The molecule has 16 heavy (non-hydrogen) atoms. The maximum Gasteiger partial charge on any atom is 0.234 e. The van der Waals surface area contributed by atoms with Crippen LogP contribution in [0.2, 0.25) is 5.02 Å². The number of hydrogen-bond acceptors (Lipinski definition) is 2. The standard InChI is InChI=1S/C12H17ClN2O/c1-3-11(12(14)16)15(2)8-9-6-4-5-7-10(9)13/h4-7,11H,3,8H2,1-2H3,(H2,14,16). The molecule has 0 saturated heterocycles. The molecule has 0 saturated carbocycles. The zero-order valence-corrected chi connectivity index (χ0v) is 10.4. The summed E-state index contributed by atoms with van der Waals surface area (Å²) >= 11 is 6.05. The lowest BCUT2D eigenvalue weighted by Crippen LogP contribution is -2.41. The summed E-state index contributed by atoms with van der Waals surface area (Å²) in [6.45, 7) is 2.57. The number of carbonyl (C=O) groups excluding carboxylic acids is 1. The van der Waals surface area contributed by atoms with Crippen LogP contribution < -0.4 is 5.73 Å². The molecule has 1 aromatic carbocycles. The van der Waals surface area contributed by atoms with Crippen molar-refractivity contribution in [3.05, 3.63) is 34.9 Å². The number of hydrogen-bond donors (Lipinski definition) is 1. The fourth-order valence-corrected chi connectivity index (χ4v) is 1.93. The van der Waals surface area contributed by atoms with E-state index in [-0.39, 0.29) is 11.9 Å². The zero-order chi connectivity index (χ0) is 12.1. The summed E-state index contributed by atoms with van der Waals surface area (Å²) in [4.78, 5) is 13.1. The van der Waals surface area contributed by atoms with E-state index in [4.69, 9.17) is 17.3 Å². The minimum Gasteiger partial charge on any atom is -0.368 e. The van der Waals surface area contributed by atoms with Gasteiger partial charge in [0.15, 0.2) is 0 Å². The Morgan fingerprint density at radius 2 is 2.12 bits per heavy atom. The van der Waals surface area contributed by atoms with Gasteiger partial charge in [0.2, 0.25) is 5.91 Å². The fraction of sp³-hybridized carbons (Fsp3) is 0.417. The van der Waals surface area contributed by atoms with Crippen LogP contribution in [0.5, 0.6) is 0 Å². The first-order valence-corrected chi connectivity index (χ1v) is 5.67. The van der Waals surface area contributed by atoms with Gasteiger partial charge in [0.25, 0.3) is 0 Å². The molecule has 0 aromatic heterocycles.